The molecule has 0 aliphatic carbocycles. The molecular formula is C15H19NO4. The average Bonchev–Trinajstić information content (AvgIpc) is 2.45. The first kappa shape index (κ1) is 16.1. The van der Waals surface area contributed by atoms with E-state index in [4.69, 9.17) is 10.2 Å². The molecule has 1 aromatic carbocycles. The third-order valence-corrected chi connectivity index (χ3v) is 2.87. The van der Waals surface area contributed by atoms with Crippen LogP contribution >= 0.6 is 0 Å². The molecule has 0 unspecified atom stereocenters. The molecule has 0 aliphatic heterocycles. The van der Waals surface area contributed by atoms with E-state index in [0.29, 0.717) is 5.56 Å². The van der Waals surface area contributed by atoms with Crippen LogP contribution in [0.25, 0.3) is 6.08 Å². The van der Waals surface area contributed by atoms with E-state index in [-0.39, 0.29) is 19.0 Å². The van der Waals surface area contributed by atoms with Crippen molar-refractivity contribution in [3.63, 3.8) is 0 Å². The lowest BCUT2D eigenvalue weighted by Crippen LogP contribution is -2.51. The number of aliphatic hydroxyl groups excluding tert-OH is 2. The molecule has 0 aliphatic rings. The largest absolute Gasteiger partial charge is 0.394 e. The smallest absolute Gasteiger partial charge is 0.244 e. The van der Waals surface area contributed by atoms with E-state index in [1.165, 1.54) is 13.0 Å². The molecule has 3 N–H and O–H groups in total. The Morgan fingerprint density at radius 2 is 1.75 bits per heavy atom. The minimum Gasteiger partial charge on any atom is -0.394 e. The molecule has 0 radical (unpaired) electrons. The quantitative estimate of drug-likeness (QED) is 0.529. The number of amides is 1. The van der Waals surface area contributed by atoms with Gasteiger partial charge in [-0.25, -0.2) is 0 Å². The minimum absolute atomic E-state index is 0.0140. The van der Waals surface area contributed by atoms with Crippen molar-refractivity contribution in [1.82, 2.24) is 5.32 Å². The maximum Gasteiger partial charge on any atom is 0.244 e. The summed E-state index contributed by atoms with van der Waals surface area (Å²) in [6, 6.07) is 6.84. The summed E-state index contributed by atoms with van der Waals surface area (Å²) in [7, 11) is 0. The number of hydrogen-bond donors (Lipinski definition) is 3. The van der Waals surface area contributed by atoms with Crippen LogP contribution in [0.15, 0.2) is 30.3 Å². The van der Waals surface area contributed by atoms with Crippen LogP contribution in [0.4, 0.5) is 0 Å². The molecule has 0 spiro atoms. The Kier molecular flexibility index (Phi) is 5.61. The fourth-order valence-corrected chi connectivity index (χ4v) is 1.47. The van der Waals surface area contributed by atoms with E-state index in [1.807, 2.05) is 0 Å². The van der Waals surface area contributed by atoms with Gasteiger partial charge in [0.25, 0.3) is 0 Å². The normalized spacial score (nSPS) is 11.6. The first-order chi connectivity index (χ1) is 9.40. The Labute approximate surface area is 117 Å². The maximum atomic E-state index is 11.7. The van der Waals surface area contributed by atoms with Gasteiger partial charge >= 0.3 is 0 Å². The number of carbonyl (C=O) groups is 2. The summed E-state index contributed by atoms with van der Waals surface area (Å²) in [6.45, 7) is 2.33. The molecular weight excluding hydrogens is 258 g/mol. The van der Waals surface area contributed by atoms with Crippen molar-refractivity contribution in [3.05, 3.63) is 41.5 Å². The predicted molar refractivity (Wildman–Crippen MR) is 76.2 cm³/mol. The van der Waals surface area contributed by atoms with Crippen LogP contribution in [-0.4, -0.2) is 40.7 Å². The van der Waals surface area contributed by atoms with Crippen molar-refractivity contribution in [3.8, 4) is 0 Å². The molecule has 0 aromatic heterocycles. The molecule has 0 saturated carbocycles. The highest BCUT2D eigenvalue weighted by Gasteiger charge is 2.23. The molecule has 0 atom stereocenters. The van der Waals surface area contributed by atoms with Crippen LogP contribution in [-0.2, 0) is 4.79 Å². The van der Waals surface area contributed by atoms with Crippen molar-refractivity contribution >= 4 is 17.8 Å². The zero-order valence-electron chi connectivity index (χ0n) is 11.6. The van der Waals surface area contributed by atoms with Gasteiger partial charge in [-0.2, -0.15) is 0 Å². The van der Waals surface area contributed by atoms with Gasteiger partial charge in [-0.05, 0) is 25.5 Å². The number of hydrogen-bond acceptors (Lipinski definition) is 4. The second kappa shape index (κ2) is 6.98. The molecule has 1 aromatic rings. The lowest BCUT2D eigenvalue weighted by atomic mass is 10.1. The number of aliphatic hydroxyl groups is 2. The second-order valence-corrected chi connectivity index (χ2v) is 4.88. The van der Waals surface area contributed by atoms with Gasteiger partial charge < -0.3 is 15.5 Å². The summed E-state index contributed by atoms with van der Waals surface area (Å²) in [4.78, 5) is 22.8. The number of Topliss-reactive ketones (excluding diaryl/α,β-unsaturated/α-hetero) is 1. The fourth-order valence-electron chi connectivity index (χ4n) is 1.47. The molecule has 0 heterocycles. The summed E-state index contributed by atoms with van der Waals surface area (Å²) in [5.74, 6) is -0.425. The van der Waals surface area contributed by atoms with Crippen molar-refractivity contribution in [1.29, 1.82) is 0 Å². The fraction of sp³-hybridized carbons (Fsp3) is 0.333. The third kappa shape index (κ3) is 4.60. The highest BCUT2D eigenvalue weighted by atomic mass is 16.3. The zero-order chi connectivity index (χ0) is 15.2. The highest BCUT2D eigenvalue weighted by molar-refractivity contribution is 5.95. The Balaban J connectivity index is 2.68. The summed E-state index contributed by atoms with van der Waals surface area (Å²) in [5, 5.41) is 20.7. The first-order valence-corrected chi connectivity index (χ1v) is 6.23. The number of rotatable bonds is 6. The van der Waals surface area contributed by atoms with Gasteiger partial charge in [-0.15, -0.1) is 0 Å². The molecule has 0 bridgehead atoms. The third-order valence-electron chi connectivity index (χ3n) is 2.87. The zero-order valence-corrected chi connectivity index (χ0v) is 11.6. The van der Waals surface area contributed by atoms with Crippen LogP contribution in [0.1, 0.15) is 29.8 Å². The van der Waals surface area contributed by atoms with Crippen LogP contribution < -0.4 is 5.32 Å². The molecule has 0 saturated heterocycles. The maximum absolute atomic E-state index is 11.7. The number of carbonyl (C=O) groups excluding carboxylic acids is 2. The number of benzene rings is 1. The van der Waals surface area contributed by atoms with Crippen molar-refractivity contribution in [2.45, 2.75) is 19.4 Å². The van der Waals surface area contributed by atoms with Crippen molar-refractivity contribution in [2.24, 2.45) is 0 Å². The van der Waals surface area contributed by atoms with Gasteiger partial charge in [0.1, 0.15) is 0 Å². The lowest BCUT2D eigenvalue weighted by Gasteiger charge is -2.25. The predicted octanol–water partition coefficient (Wildman–Crippen LogP) is 0.762. The average molecular weight is 277 g/mol. The molecule has 0 fully saturated rings. The Hall–Kier alpha value is -1.98. The molecule has 5 heteroatoms. The van der Waals surface area contributed by atoms with E-state index in [0.717, 1.165) is 5.56 Å². The molecule has 108 valence electrons. The summed E-state index contributed by atoms with van der Waals surface area (Å²) in [6.07, 6.45) is 2.90. The van der Waals surface area contributed by atoms with E-state index < -0.39 is 11.4 Å². The van der Waals surface area contributed by atoms with Gasteiger partial charge in [0.05, 0.1) is 18.8 Å². The van der Waals surface area contributed by atoms with Crippen molar-refractivity contribution in [2.75, 3.05) is 13.2 Å². The summed E-state index contributed by atoms with van der Waals surface area (Å²) < 4.78 is 0. The Morgan fingerprint density at radius 1 is 1.20 bits per heavy atom. The highest BCUT2D eigenvalue weighted by Crippen LogP contribution is 2.07. The Morgan fingerprint density at radius 3 is 2.20 bits per heavy atom. The molecule has 1 amide bonds. The van der Waals surface area contributed by atoms with Gasteiger partial charge in [0, 0.05) is 11.6 Å². The number of nitrogens with one attached hydrogen (secondary N) is 1. The van der Waals surface area contributed by atoms with E-state index in [9.17, 15) is 9.59 Å². The van der Waals surface area contributed by atoms with Crippen LogP contribution in [0.3, 0.4) is 0 Å². The van der Waals surface area contributed by atoms with E-state index >= 15 is 0 Å². The first-order valence-electron chi connectivity index (χ1n) is 6.23. The van der Waals surface area contributed by atoms with Crippen LogP contribution in [0, 0.1) is 0 Å². The monoisotopic (exact) mass is 277 g/mol. The number of ketones is 1. The topological polar surface area (TPSA) is 86.6 Å². The summed E-state index contributed by atoms with van der Waals surface area (Å²) >= 11 is 0. The molecule has 20 heavy (non-hydrogen) atoms. The SMILES string of the molecule is CC(=O)c1ccc(/C=C/C(=O)NC(C)(CO)CO)cc1. The van der Waals surface area contributed by atoms with E-state index in [2.05, 4.69) is 5.32 Å². The summed E-state index contributed by atoms with van der Waals surface area (Å²) in [5.41, 5.74) is 0.347. The lowest BCUT2D eigenvalue weighted by molar-refractivity contribution is -0.119. The standard InChI is InChI=1S/C15H19NO4/c1-11(19)13-6-3-12(4-7-13)5-8-14(20)16-15(2,9-17)10-18/h3-8,17-18H,9-10H2,1-2H3,(H,16,20)/b8-5+. The molecule has 5 nitrogen and oxygen atoms in total. The second-order valence-electron chi connectivity index (χ2n) is 4.88. The molecule has 1 rings (SSSR count). The van der Waals surface area contributed by atoms with Crippen molar-refractivity contribution < 1.29 is 19.8 Å². The van der Waals surface area contributed by atoms with E-state index in [1.54, 1.807) is 37.3 Å². The van der Waals surface area contributed by atoms with Crippen LogP contribution in [0.5, 0.6) is 0 Å². The van der Waals surface area contributed by atoms with Gasteiger partial charge in [0.2, 0.25) is 5.91 Å². The Bertz CT molecular complexity index is 501. The van der Waals surface area contributed by atoms with Gasteiger partial charge in [-0.3, -0.25) is 9.59 Å². The minimum atomic E-state index is -1.04. The van der Waals surface area contributed by atoms with Gasteiger partial charge in [-0.1, -0.05) is 24.3 Å². The van der Waals surface area contributed by atoms with Gasteiger partial charge in [0.15, 0.2) is 5.78 Å². The van der Waals surface area contributed by atoms with Crippen LogP contribution in [0.2, 0.25) is 0 Å².